The predicted octanol–water partition coefficient (Wildman–Crippen LogP) is 7.06. The summed E-state index contributed by atoms with van der Waals surface area (Å²) in [4.78, 5) is 33.4. The smallest absolute Gasteiger partial charge is 0.338 e. The lowest BCUT2D eigenvalue weighted by Crippen LogP contribution is -2.40. The van der Waals surface area contributed by atoms with E-state index < -0.39 is 12.0 Å². The first-order chi connectivity index (χ1) is 23.3. The molecule has 0 unspecified atom stereocenters. The van der Waals surface area contributed by atoms with Gasteiger partial charge in [0.05, 0.1) is 47.1 Å². The van der Waals surface area contributed by atoms with E-state index in [1.54, 1.807) is 37.8 Å². The molecule has 11 heteroatoms. The number of hydrogen-bond acceptors (Lipinski definition) is 8. The van der Waals surface area contributed by atoms with Crippen molar-refractivity contribution in [2.75, 3.05) is 20.8 Å². The molecule has 0 saturated carbocycles. The lowest BCUT2D eigenvalue weighted by Gasteiger charge is -2.26. The molecule has 2 heterocycles. The van der Waals surface area contributed by atoms with E-state index in [1.165, 1.54) is 11.3 Å². The van der Waals surface area contributed by atoms with Crippen LogP contribution in [-0.2, 0) is 16.1 Å². The molecule has 0 amide bonds. The molecule has 0 N–H and O–H groups in total. The number of benzene rings is 4. The molecule has 4 aromatic carbocycles. The van der Waals surface area contributed by atoms with Crippen molar-refractivity contribution in [1.29, 1.82) is 0 Å². The van der Waals surface area contributed by atoms with E-state index in [-0.39, 0.29) is 17.7 Å². The zero-order valence-corrected chi connectivity index (χ0v) is 30.2. The number of ether oxygens (including phenoxy) is 4. The van der Waals surface area contributed by atoms with Gasteiger partial charge in [-0.2, -0.15) is 0 Å². The zero-order valence-electron chi connectivity index (χ0n) is 26.2. The number of hydrogen-bond donors (Lipinski definition) is 0. The van der Waals surface area contributed by atoms with Crippen LogP contribution >= 0.6 is 43.2 Å². The number of nitrogens with zero attached hydrogens (tertiary/aromatic N) is 2. The molecule has 0 spiro atoms. The summed E-state index contributed by atoms with van der Waals surface area (Å²) in [6, 6.07) is 27.5. The lowest BCUT2D eigenvalue weighted by molar-refractivity contribution is -0.138. The highest BCUT2D eigenvalue weighted by Crippen LogP contribution is 2.38. The first-order valence-electron chi connectivity index (χ1n) is 15.0. The van der Waals surface area contributed by atoms with E-state index in [9.17, 15) is 9.59 Å². The van der Waals surface area contributed by atoms with E-state index in [4.69, 9.17) is 23.9 Å². The number of thiazole rings is 1. The van der Waals surface area contributed by atoms with Gasteiger partial charge in [-0.25, -0.2) is 9.79 Å². The van der Waals surface area contributed by atoms with Gasteiger partial charge in [0.2, 0.25) is 0 Å². The van der Waals surface area contributed by atoms with E-state index in [0.29, 0.717) is 44.4 Å². The Bertz CT molecular complexity index is 2190. The van der Waals surface area contributed by atoms with Crippen molar-refractivity contribution in [3.05, 3.63) is 147 Å². The predicted molar refractivity (Wildman–Crippen MR) is 193 cm³/mol. The monoisotopic (exact) mass is 788 g/mol. The number of fused-ring (bicyclic) bond motifs is 1. The molecule has 48 heavy (non-hydrogen) atoms. The average molecular weight is 791 g/mol. The molecule has 1 aliphatic rings. The summed E-state index contributed by atoms with van der Waals surface area (Å²) in [5.74, 6) is 1.10. The summed E-state index contributed by atoms with van der Waals surface area (Å²) < 4.78 is 26.5. The van der Waals surface area contributed by atoms with Gasteiger partial charge in [0.15, 0.2) is 16.3 Å². The molecule has 6 rings (SSSR count). The van der Waals surface area contributed by atoms with Crippen molar-refractivity contribution >= 4 is 60.9 Å². The molecular weight excluding hydrogens is 760 g/mol. The maximum absolute atomic E-state index is 14.3. The van der Waals surface area contributed by atoms with Crippen molar-refractivity contribution in [3.63, 3.8) is 0 Å². The van der Waals surface area contributed by atoms with Gasteiger partial charge in [0.25, 0.3) is 5.56 Å². The zero-order chi connectivity index (χ0) is 33.8. The van der Waals surface area contributed by atoms with Gasteiger partial charge in [-0.05, 0) is 82.0 Å². The standard InChI is InChI=1S/C37H30Br2N2O6S/c1-4-46-36(43)32-33(24-8-6-5-7-9-24)40-37-41(34(32)25-13-17-29(44-2)30(20-25)45-3)35(42)31(48-37)19-23-12-16-28(27(39)18-23)47-21-22-10-14-26(38)15-11-22/h5-20,34H,4,21H2,1-3H3/b31-19-/t34-/m1/s1. The summed E-state index contributed by atoms with van der Waals surface area (Å²) in [6.45, 7) is 2.31. The number of methoxy groups -OCH3 is 2. The summed E-state index contributed by atoms with van der Waals surface area (Å²) in [7, 11) is 3.09. The Morgan fingerprint density at radius 2 is 1.65 bits per heavy atom. The highest BCUT2D eigenvalue weighted by Gasteiger charge is 2.35. The minimum atomic E-state index is -0.849. The highest BCUT2D eigenvalue weighted by atomic mass is 79.9. The molecule has 0 bridgehead atoms. The van der Waals surface area contributed by atoms with Crippen LogP contribution in [0.5, 0.6) is 17.2 Å². The van der Waals surface area contributed by atoms with E-state index >= 15 is 0 Å². The van der Waals surface area contributed by atoms with Crippen LogP contribution in [0, 0.1) is 0 Å². The second kappa shape index (κ2) is 14.8. The van der Waals surface area contributed by atoms with Crippen molar-refractivity contribution in [1.82, 2.24) is 4.57 Å². The molecular formula is C37H30Br2N2O6S. The third-order valence-electron chi connectivity index (χ3n) is 7.66. The second-order valence-electron chi connectivity index (χ2n) is 10.7. The summed E-state index contributed by atoms with van der Waals surface area (Å²) in [5, 5.41) is 0. The van der Waals surface area contributed by atoms with Crippen LogP contribution in [0.25, 0.3) is 11.8 Å². The van der Waals surface area contributed by atoms with Gasteiger partial charge in [0, 0.05) is 10.0 Å². The first-order valence-corrected chi connectivity index (χ1v) is 17.4. The van der Waals surface area contributed by atoms with Gasteiger partial charge in [-0.3, -0.25) is 9.36 Å². The molecule has 0 fully saturated rings. The minimum Gasteiger partial charge on any atom is -0.493 e. The number of rotatable bonds is 10. The maximum Gasteiger partial charge on any atom is 0.338 e. The third kappa shape index (κ3) is 6.89. The molecule has 1 atom stereocenters. The molecule has 1 aromatic heterocycles. The van der Waals surface area contributed by atoms with Crippen molar-refractivity contribution in [3.8, 4) is 17.2 Å². The number of halogens is 2. The fraction of sp³-hybridized carbons (Fsp3) is 0.162. The third-order valence-corrected chi connectivity index (χ3v) is 9.79. The normalized spacial score (nSPS) is 14.3. The largest absolute Gasteiger partial charge is 0.493 e. The van der Waals surface area contributed by atoms with Gasteiger partial charge in [0.1, 0.15) is 12.4 Å². The maximum atomic E-state index is 14.3. The molecule has 0 saturated heterocycles. The Labute approximate surface area is 297 Å². The van der Waals surface area contributed by atoms with Crippen LogP contribution in [0.15, 0.2) is 115 Å². The van der Waals surface area contributed by atoms with Crippen LogP contribution in [0.2, 0.25) is 0 Å². The summed E-state index contributed by atoms with van der Waals surface area (Å²) >= 11 is 8.33. The van der Waals surface area contributed by atoms with Crippen LogP contribution < -0.4 is 29.1 Å². The highest BCUT2D eigenvalue weighted by molar-refractivity contribution is 9.10. The van der Waals surface area contributed by atoms with Crippen molar-refractivity contribution in [2.45, 2.75) is 19.6 Å². The lowest BCUT2D eigenvalue weighted by atomic mass is 9.93. The Hall–Kier alpha value is -4.45. The first kappa shape index (κ1) is 33.5. The Kier molecular flexibility index (Phi) is 10.3. The number of aromatic nitrogens is 1. The van der Waals surface area contributed by atoms with Crippen molar-refractivity contribution in [2.24, 2.45) is 4.99 Å². The number of carbonyl (C=O) groups excluding carboxylic acids is 1. The Morgan fingerprint density at radius 3 is 2.33 bits per heavy atom. The number of esters is 1. The van der Waals surface area contributed by atoms with E-state index in [0.717, 1.165) is 25.6 Å². The molecule has 0 radical (unpaired) electrons. The van der Waals surface area contributed by atoms with E-state index in [1.807, 2.05) is 84.9 Å². The summed E-state index contributed by atoms with van der Waals surface area (Å²) in [6.07, 6.45) is 1.81. The van der Waals surface area contributed by atoms with Crippen LogP contribution in [-0.4, -0.2) is 31.4 Å². The molecule has 244 valence electrons. The molecule has 8 nitrogen and oxygen atoms in total. The van der Waals surface area contributed by atoms with Crippen LogP contribution in [0.3, 0.4) is 0 Å². The Balaban J connectivity index is 1.48. The van der Waals surface area contributed by atoms with Gasteiger partial charge in [-0.15, -0.1) is 0 Å². The SMILES string of the molecule is CCOC(=O)C1=C(c2ccccc2)N=c2s/c(=C\c3ccc(OCc4ccc(Br)cc4)c(Br)c3)c(=O)n2[C@@H]1c1ccc(OC)c(OC)c1. The van der Waals surface area contributed by atoms with Crippen LogP contribution in [0.1, 0.15) is 35.2 Å². The minimum absolute atomic E-state index is 0.158. The van der Waals surface area contributed by atoms with Gasteiger partial charge < -0.3 is 18.9 Å². The molecule has 1 aliphatic heterocycles. The molecule has 0 aliphatic carbocycles. The average Bonchev–Trinajstić information content (AvgIpc) is 3.41. The summed E-state index contributed by atoms with van der Waals surface area (Å²) in [5.41, 5.74) is 3.60. The second-order valence-corrected chi connectivity index (χ2v) is 13.4. The van der Waals surface area contributed by atoms with Gasteiger partial charge >= 0.3 is 5.97 Å². The fourth-order valence-corrected chi connectivity index (χ4v) is 7.17. The number of carbonyl (C=O) groups is 1. The fourth-order valence-electron chi connectivity index (χ4n) is 5.40. The Morgan fingerprint density at radius 1 is 0.917 bits per heavy atom. The van der Waals surface area contributed by atoms with E-state index in [2.05, 4.69) is 31.9 Å². The van der Waals surface area contributed by atoms with Gasteiger partial charge in [-0.1, -0.05) is 81.9 Å². The van der Waals surface area contributed by atoms with Crippen molar-refractivity contribution < 1.29 is 23.7 Å². The van der Waals surface area contributed by atoms with Crippen LogP contribution in [0.4, 0.5) is 0 Å². The quantitative estimate of drug-likeness (QED) is 0.141. The topological polar surface area (TPSA) is 88.4 Å². The molecule has 5 aromatic rings.